The van der Waals surface area contributed by atoms with Crippen molar-refractivity contribution >= 4 is 43.1 Å². The van der Waals surface area contributed by atoms with E-state index < -0.39 is 0 Å². The van der Waals surface area contributed by atoms with Gasteiger partial charge in [-0.15, -0.1) is 37.2 Å². The summed E-state index contributed by atoms with van der Waals surface area (Å²) in [6.45, 7) is 4.12. The van der Waals surface area contributed by atoms with Crippen LogP contribution in [-0.2, 0) is 19.4 Å². The van der Waals surface area contributed by atoms with Gasteiger partial charge in [0.15, 0.2) is 0 Å². The second kappa shape index (κ2) is 15.6. The fourth-order valence-corrected chi connectivity index (χ4v) is 4.07. The summed E-state index contributed by atoms with van der Waals surface area (Å²) in [6, 6.07) is 14.0. The molecular formula is C26H33Cl3N4O2. The van der Waals surface area contributed by atoms with Crippen LogP contribution in [0.1, 0.15) is 33.5 Å². The standard InChI is InChI=1S/C26H30N4O2.3ClH/c1-29-16-11-23-24(26(29)31)6-2-7-25(23)32-18-4-15-30(20-22-8-13-27-14-9-22)17-10-21-5-3-12-28-19-21;;;/h2-3,5-9,12-14,19H,4,10-11,15-18,20H2,1H3;3*1H. The van der Waals surface area contributed by atoms with E-state index in [9.17, 15) is 4.79 Å². The molecule has 0 atom stereocenters. The maximum atomic E-state index is 12.4. The average Bonchev–Trinajstić information content (AvgIpc) is 2.84. The number of halogens is 3. The van der Waals surface area contributed by atoms with Crippen molar-refractivity contribution in [3.05, 3.63) is 89.5 Å². The number of carbonyl (C=O) groups is 1. The van der Waals surface area contributed by atoms with E-state index in [-0.39, 0.29) is 43.1 Å². The summed E-state index contributed by atoms with van der Waals surface area (Å²) in [7, 11) is 1.85. The summed E-state index contributed by atoms with van der Waals surface area (Å²) in [5.41, 5.74) is 4.31. The molecule has 0 spiro atoms. The first-order chi connectivity index (χ1) is 15.7. The minimum absolute atomic E-state index is 0. The highest BCUT2D eigenvalue weighted by molar-refractivity contribution is 5.97. The predicted molar refractivity (Wildman–Crippen MR) is 146 cm³/mol. The van der Waals surface area contributed by atoms with Crippen LogP contribution < -0.4 is 4.74 Å². The highest BCUT2D eigenvalue weighted by Gasteiger charge is 2.24. The zero-order valence-corrected chi connectivity index (χ0v) is 22.3. The maximum absolute atomic E-state index is 12.4. The highest BCUT2D eigenvalue weighted by Crippen LogP contribution is 2.27. The molecule has 6 nitrogen and oxygen atoms in total. The van der Waals surface area contributed by atoms with Crippen LogP contribution in [0.5, 0.6) is 5.75 Å². The van der Waals surface area contributed by atoms with Crippen molar-refractivity contribution in [3.63, 3.8) is 0 Å². The molecule has 0 unspecified atom stereocenters. The Morgan fingerprint density at radius 3 is 2.49 bits per heavy atom. The lowest BCUT2D eigenvalue weighted by Crippen LogP contribution is -2.34. The fourth-order valence-electron chi connectivity index (χ4n) is 4.07. The Hall–Kier alpha value is -2.38. The van der Waals surface area contributed by atoms with E-state index in [0.29, 0.717) is 6.61 Å². The Kier molecular flexibility index (Phi) is 13.6. The summed E-state index contributed by atoms with van der Waals surface area (Å²) in [5, 5.41) is 0. The lowest BCUT2D eigenvalue weighted by atomic mass is 9.98. The summed E-state index contributed by atoms with van der Waals surface area (Å²) in [5.74, 6) is 0.927. The number of hydrogen-bond donors (Lipinski definition) is 0. The third-order valence-corrected chi connectivity index (χ3v) is 5.88. The summed E-state index contributed by atoms with van der Waals surface area (Å²) in [4.78, 5) is 25.0. The molecule has 2 aromatic heterocycles. The number of pyridine rings is 2. The van der Waals surface area contributed by atoms with E-state index in [1.807, 2.05) is 56.1 Å². The van der Waals surface area contributed by atoms with Crippen molar-refractivity contribution in [2.75, 3.05) is 33.3 Å². The molecule has 1 aliphatic rings. The van der Waals surface area contributed by atoms with E-state index in [0.717, 1.165) is 62.3 Å². The monoisotopic (exact) mass is 538 g/mol. The third-order valence-electron chi connectivity index (χ3n) is 5.88. The van der Waals surface area contributed by atoms with Crippen LogP contribution in [0.4, 0.5) is 0 Å². The number of rotatable bonds is 10. The predicted octanol–water partition coefficient (Wildman–Crippen LogP) is 4.88. The molecule has 1 aliphatic heterocycles. The van der Waals surface area contributed by atoms with Gasteiger partial charge in [-0.25, -0.2) is 0 Å². The van der Waals surface area contributed by atoms with Crippen LogP contribution >= 0.6 is 37.2 Å². The summed E-state index contributed by atoms with van der Waals surface area (Å²) in [6.07, 6.45) is 10.1. The third kappa shape index (κ3) is 8.65. The molecule has 0 bridgehead atoms. The van der Waals surface area contributed by atoms with Gasteiger partial charge in [-0.2, -0.15) is 0 Å². The number of hydrogen-bond acceptors (Lipinski definition) is 5. The number of aromatic nitrogens is 2. The number of amides is 1. The molecule has 0 saturated carbocycles. The normalized spacial score (nSPS) is 12.2. The Morgan fingerprint density at radius 1 is 0.943 bits per heavy atom. The molecule has 0 saturated heterocycles. The molecule has 0 aliphatic carbocycles. The molecule has 9 heteroatoms. The van der Waals surface area contributed by atoms with Crippen LogP contribution in [-0.4, -0.2) is 59.0 Å². The zero-order valence-electron chi connectivity index (χ0n) is 19.8. The molecule has 0 N–H and O–H groups in total. The Balaban J connectivity index is 0.00000204. The second-order valence-electron chi connectivity index (χ2n) is 8.20. The van der Waals surface area contributed by atoms with E-state index in [2.05, 4.69) is 33.1 Å². The SMILES string of the molecule is CN1CCc2c(OCCCN(CCc3cccnc3)Cc3ccncc3)cccc2C1=O.Cl.Cl.Cl. The molecule has 0 fully saturated rings. The van der Waals surface area contributed by atoms with E-state index in [1.54, 1.807) is 4.90 Å². The van der Waals surface area contributed by atoms with Gasteiger partial charge in [-0.05, 0) is 60.7 Å². The molecule has 4 rings (SSSR count). The molecule has 1 aromatic carbocycles. The second-order valence-corrected chi connectivity index (χ2v) is 8.20. The van der Waals surface area contributed by atoms with Crippen molar-refractivity contribution in [2.24, 2.45) is 0 Å². The first-order valence-corrected chi connectivity index (χ1v) is 11.2. The van der Waals surface area contributed by atoms with Gasteiger partial charge in [0.25, 0.3) is 5.91 Å². The van der Waals surface area contributed by atoms with Gasteiger partial charge >= 0.3 is 0 Å². The van der Waals surface area contributed by atoms with Crippen molar-refractivity contribution in [1.82, 2.24) is 19.8 Å². The number of likely N-dealkylation sites (N-methyl/N-ethyl adjacent to an activating group) is 1. The number of carbonyl (C=O) groups excluding carboxylic acids is 1. The van der Waals surface area contributed by atoms with Gasteiger partial charge in [0.2, 0.25) is 0 Å². The van der Waals surface area contributed by atoms with E-state index >= 15 is 0 Å². The van der Waals surface area contributed by atoms with Crippen LogP contribution in [0.3, 0.4) is 0 Å². The van der Waals surface area contributed by atoms with Gasteiger partial charge in [0, 0.05) is 69.1 Å². The molecule has 3 aromatic rings. The summed E-state index contributed by atoms with van der Waals surface area (Å²) < 4.78 is 6.13. The smallest absolute Gasteiger partial charge is 0.254 e. The number of fused-ring (bicyclic) bond motifs is 1. The fraction of sp³-hybridized carbons (Fsp3) is 0.346. The van der Waals surface area contributed by atoms with Crippen molar-refractivity contribution in [1.29, 1.82) is 0 Å². The minimum atomic E-state index is 0. The van der Waals surface area contributed by atoms with Crippen molar-refractivity contribution < 1.29 is 9.53 Å². The van der Waals surface area contributed by atoms with Crippen molar-refractivity contribution in [3.8, 4) is 5.75 Å². The van der Waals surface area contributed by atoms with Crippen LogP contribution in [0.2, 0.25) is 0 Å². The Labute approximate surface area is 226 Å². The molecule has 0 radical (unpaired) electrons. The number of ether oxygens (including phenoxy) is 1. The molecular weight excluding hydrogens is 507 g/mol. The topological polar surface area (TPSA) is 58.6 Å². The van der Waals surface area contributed by atoms with Crippen LogP contribution in [0.15, 0.2) is 67.3 Å². The quantitative estimate of drug-likeness (QED) is 0.344. The molecule has 35 heavy (non-hydrogen) atoms. The van der Waals surface area contributed by atoms with Crippen molar-refractivity contribution in [2.45, 2.75) is 25.8 Å². The lowest BCUT2D eigenvalue weighted by molar-refractivity contribution is 0.0779. The first kappa shape index (κ1) is 30.7. The zero-order chi connectivity index (χ0) is 22.2. The van der Waals surface area contributed by atoms with Gasteiger partial charge in [-0.1, -0.05) is 12.1 Å². The largest absolute Gasteiger partial charge is 0.493 e. The Bertz CT molecular complexity index is 1030. The summed E-state index contributed by atoms with van der Waals surface area (Å²) >= 11 is 0. The number of nitrogens with zero attached hydrogens (tertiary/aromatic N) is 4. The Morgan fingerprint density at radius 2 is 1.74 bits per heavy atom. The van der Waals surface area contributed by atoms with Gasteiger partial charge in [-0.3, -0.25) is 19.7 Å². The van der Waals surface area contributed by atoms with Gasteiger partial charge in [0.05, 0.1) is 6.61 Å². The van der Waals surface area contributed by atoms with Crippen LogP contribution in [0, 0.1) is 0 Å². The van der Waals surface area contributed by atoms with E-state index in [1.165, 1.54) is 11.1 Å². The number of benzene rings is 1. The van der Waals surface area contributed by atoms with E-state index in [4.69, 9.17) is 4.74 Å². The molecule has 190 valence electrons. The molecule has 3 heterocycles. The van der Waals surface area contributed by atoms with Crippen LogP contribution in [0.25, 0.3) is 0 Å². The molecule has 1 amide bonds. The van der Waals surface area contributed by atoms with Gasteiger partial charge < -0.3 is 9.64 Å². The minimum Gasteiger partial charge on any atom is -0.493 e. The first-order valence-electron chi connectivity index (χ1n) is 11.2. The maximum Gasteiger partial charge on any atom is 0.254 e. The average molecular weight is 540 g/mol. The van der Waals surface area contributed by atoms with Gasteiger partial charge in [0.1, 0.15) is 5.75 Å². The lowest BCUT2D eigenvalue weighted by Gasteiger charge is -2.26. The highest BCUT2D eigenvalue weighted by atomic mass is 35.5.